The first-order valence-electron chi connectivity index (χ1n) is 2.97. The lowest BCUT2D eigenvalue weighted by Crippen LogP contribution is -2.02. The van der Waals surface area contributed by atoms with Crippen LogP contribution >= 0.6 is 15.9 Å². The summed E-state index contributed by atoms with van der Waals surface area (Å²) in [5.41, 5.74) is 0.764. The van der Waals surface area contributed by atoms with Gasteiger partial charge in [-0.1, -0.05) is 6.07 Å². The Balaban J connectivity index is 3.23. The van der Waals surface area contributed by atoms with Crippen LogP contribution in [0.5, 0.6) is 0 Å². The second-order valence-electron chi connectivity index (χ2n) is 2.10. The third kappa shape index (κ3) is 1.77. The van der Waals surface area contributed by atoms with E-state index < -0.39 is 5.97 Å². The maximum atomic E-state index is 10.5. The minimum absolute atomic E-state index is 0.0966. The fourth-order valence-corrected chi connectivity index (χ4v) is 1.03. The highest BCUT2D eigenvalue weighted by Gasteiger charge is 2.07. The molecule has 0 atom stereocenters. The second-order valence-corrected chi connectivity index (χ2v) is 2.92. The summed E-state index contributed by atoms with van der Waals surface area (Å²) in [7, 11) is 0. The largest absolute Gasteiger partial charge is 0.477 e. The summed E-state index contributed by atoms with van der Waals surface area (Å²) in [4.78, 5) is 14.3. The zero-order valence-electron chi connectivity index (χ0n) is 5.84. The Morgan fingerprint density at radius 2 is 2.27 bits per heavy atom. The molecule has 4 heteroatoms. The molecular formula is C7H6BrNO2. The van der Waals surface area contributed by atoms with Crippen LogP contribution in [-0.4, -0.2) is 16.1 Å². The Bertz CT molecular complexity index is 298. The molecule has 0 aliphatic heterocycles. The van der Waals surface area contributed by atoms with Crippen molar-refractivity contribution >= 4 is 21.9 Å². The Morgan fingerprint density at radius 1 is 1.64 bits per heavy atom. The number of hydrogen-bond donors (Lipinski definition) is 1. The molecule has 0 aliphatic carbocycles. The Kier molecular flexibility index (Phi) is 2.24. The van der Waals surface area contributed by atoms with Crippen molar-refractivity contribution in [1.82, 2.24) is 4.98 Å². The van der Waals surface area contributed by atoms with Gasteiger partial charge in [-0.05, 0) is 34.5 Å². The molecule has 1 aromatic rings. The molecule has 0 radical (unpaired) electrons. The average molecular weight is 216 g/mol. The van der Waals surface area contributed by atoms with Crippen molar-refractivity contribution in [2.45, 2.75) is 6.92 Å². The van der Waals surface area contributed by atoms with Crippen LogP contribution in [0.3, 0.4) is 0 Å². The molecule has 58 valence electrons. The average Bonchev–Trinajstić information content (AvgIpc) is 1.94. The van der Waals surface area contributed by atoms with Gasteiger partial charge in [-0.25, -0.2) is 9.78 Å². The first-order valence-corrected chi connectivity index (χ1v) is 3.77. The van der Waals surface area contributed by atoms with Crippen molar-refractivity contribution in [3.05, 3.63) is 28.0 Å². The summed E-state index contributed by atoms with van der Waals surface area (Å²) >= 11 is 3.09. The number of hydrogen-bond acceptors (Lipinski definition) is 2. The predicted molar refractivity (Wildman–Crippen MR) is 43.6 cm³/mol. The Labute approximate surface area is 72.2 Å². The highest BCUT2D eigenvalue weighted by molar-refractivity contribution is 9.10. The number of aromatic carboxylic acids is 1. The first-order chi connectivity index (χ1) is 5.11. The third-order valence-corrected chi connectivity index (χ3v) is 1.71. The molecule has 0 aromatic carbocycles. The number of carboxylic acid groups (broad SMARTS) is 1. The summed E-state index contributed by atoms with van der Waals surface area (Å²) in [6.07, 6.45) is 0. The number of aromatic nitrogens is 1. The number of nitrogens with zero attached hydrogens (tertiary/aromatic N) is 1. The van der Waals surface area contributed by atoms with Gasteiger partial charge in [0.05, 0.1) is 0 Å². The number of halogens is 1. The van der Waals surface area contributed by atoms with E-state index in [1.807, 2.05) is 0 Å². The smallest absolute Gasteiger partial charge is 0.354 e. The van der Waals surface area contributed by atoms with E-state index in [0.29, 0.717) is 10.2 Å². The van der Waals surface area contributed by atoms with Crippen molar-refractivity contribution in [3.8, 4) is 0 Å². The molecule has 3 nitrogen and oxygen atoms in total. The molecule has 0 amide bonds. The topological polar surface area (TPSA) is 50.2 Å². The van der Waals surface area contributed by atoms with Gasteiger partial charge in [0.1, 0.15) is 4.60 Å². The molecule has 0 saturated heterocycles. The number of carbonyl (C=O) groups is 1. The van der Waals surface area contributed by atoms with Gasteiger partial charge < -0.3 is 5.11 Å². The van der Waals surface area contributed by atoms with E-state index in [1.165, 1.54) is 0 Å². The molecule has 0 saturated carbocycles. The van der Waals surface area contributed by atoms with Gasteiger partial charge in [-0.15, -0.1) is 0 Å². The molecule has 1 rings (SSSR count). The third-order valence-electron chi connectivity index (χ3n) is 1.27. The monoisotopic (exact) mass is 215 g/mol. The van der Waals surface area contributed by atoms with E-state index in [0.717, 1.165) is 0 Å². The maximum Gasteiger partial charge on any atom is 0.354 e. The summed E-state index contributed by atoms with van der Waals surface area (Å²) in [5.74, 6) is -0.996. The minimum Gasteiger partial charge on any atom is -0.477 e. The molecular weight excluding hydrogens is 210 g/mol. The summed E-state index contributed by atoms with van der Waals surface area (Å²) in [6, 6.07) is 3.42. The lowest BCUT2D eigenvalue weighted by atomic mass is 10.2. The van der Waals surface area contributed by atoms with Gasteiger partial charge in [0.2, 0.25) is 0 Å². The molecule has 1 aromatic heterocycles. The van der Waals surface area contributed by atoms with Crippen LogP contribution in [0.25, 0.3) is 0 Å². The number of aryl methyl sites for hydroxylation is 1. The quantitative estimate of drug-likeness (QED) is 0.728. The SMILES string of the molecule is Cc1ccc(Br)nc1C(=O)O. The van der Waals surface area contributed by atoms with Crippen LogP contribution < -0.4 is 0 Å². The highest BCUT2D eigenvalue weighted by Crippen LogP contribution is 2.10. The van der Waals surface area contributed by atoms with E-state index in [-0.39, 0.29) is 5.69 Å². The summed E-state index contributed by atoms with van der Waals surface area (Å²) in [5, 5.41) is 8.61. The normalized spacial score (nSPS) is 9.64. The van der Waals surface area contributed by atoms with Crippen molar-refractivity contribution < 1.29 is 9.90 Å². The fraction of sp³-hybridized carbons (Fsp3) is 0.143. The summed E-state index contributed by atoms with van der Waals surface area (Å²) < 4.78 is 0.542. The van der Waals surface area contributed by atoms with E-state index in [9.17, 15) is 4.79 Å². The van der Waals surface area contributed by atoms with Crippen LogP contribution in [0.1, 0.15) is 16.1 Å². The zero-order valence-corrected chi connectivity index (χ0v) is 7.42. The van der Waals surface area contributed by atoms with Crippen LogP contribution in [0.4, 0.5) is 0 Å². The molecule has 1 heterocycles. The van der Waals surface area contributed by atoms with Crippen molar-refractivity contribution in [3.63, 3.8) is 0 Å². The second kappa shape index (κ2) is 3.00. The van der Waals surface area contributed by atoms with Gasteiger partial charge in [-0.3, -0.25) is 0 Å². The van der Waals surface area contributed by atoms with Gasteiger partial charge in [0.15, 0.2) is 5.69 Å². The lowest BCUT2D eigenvalue weighted by molar-refractivity contribution is 0.0689. The van der Waals surface area contributed by atoms with E-state index >= 15 is 0 Å². The predicted octanol–water partition coefficient (Wildman–Crippen LogP) is 1.85. The van der Waals surface area contributed by atoms with Crippen LogP contribution in [-0.2, 0) is 0 Å². The standard InChI is InChI=1S/C7H6BrNO2/c1-4-2-3-5(8)9-6(4)7(10)11/h2-3H,1H3,(H,10,11). The number of rotatable bonds is 1. The van der Waals surface area contributed by atoms with Crippen LogP contribution in [0.15, 0.2) is 16.7 Å². The van der Waals surface area contributed by atoms with Gasteiger partial charge in [-0.2, -0.15) is 0 Å². The van der Waals surface area contributed by atoms with Crippen molar-refractivity contribution in [2.24, 2.45) is 0 Å². The summed E-state index contributed by atoms with van der Waals surface area (Å²) in [6.45, 7) is 1.71. The Hall–Kier alpha value is -0.900. The van der Waals surface area contributed by atoms with Gasteiger partial charge in [0, 0.05) is 0 Å². The fourth-order valence-electron chi connectivity index (χ4n) is 0.721. The lowest BCUT2D eigenvalue weighted by Gasteiger charge is -1.98. The minimum atomic E-state index is -0.996. The van der Waals surface area contributed by atoms with E-state index in [4.69, 9.17) is 5.11 Å². The molecule has 11 heavy (non-hydrogen) atoms. The molecule has 0 bridgehead atoms. The van der Waals surface area contributed by atoms with Gasteiger partial charge in [0.25, 0.3) is 0 Å². The highest BCUT2D eigenvalue weighted by atomic mass is 79.9. The van der Waals surface area contributed by atoms with Crippen molar-refractivity contribution in [1.29, 1.82) is 0 Å². The number of carboxylic acids is 1. The molecule has 0 fully saturated rings. The Morgan fingerprint density at radius 3 is 2.73 bits per heavy atom. The first kappa shape index (κ1) is 8.20. The maximum absolute atomic E-state index is 10.5. The van der Waals surface area contributed by atoms with E-state index in [2.05, 4.69) is 20.9 Å². The zero-order chi connectivity index (χ0) is 8.43. The van der Waals surface area contributed by atoms with Crippen LogP contribution in [0, 0.1) is 6.92 Å². The van der Waals surface area contributed by atoms with Crippen molar-refractivity contribution in [2.75, 3.05) is 0 Å². The van der Waals surface area contributed by atoms with E-state index in [1.54, 1.807) is 19.1 Å². The molecule has 0 spiro atoms. The number of pyridine rings is 1. The molecule has 1 N–H and O–H groups in total. The molecule has 0 unspecified atom stereocenters. The van der Waals surface area contributed by atoms with Crippen LogP contribution in [0.2, 0.25) is 0 Å². The molecule has 0 aliphatic rings. The van der Waals surface area contributed by atoms with Gasteiger partial charge >= 0.3 is 5.97 Å².